The summed E-state index contributed by atoms with van der Waals surface area (Å²) in [5.41, 5.74) is 0.909. The van der Waals surface area contributed by atoms with E-state index in [1.165, 1.54) is 11.3 Å². The Bertz CT molecular complexity index is 909. The van der Waals surface area contributed by atoms with Crippen LogP contribution in [0.15, 0.2) is 28.9 Å². The van der Waals surface area contributed by atoms with Crippen molar-refractivity contribution < 1.29 is 14.0 Å². The van der Waals surface area contributed by atoms with E-state index in [9.17, 15) is 9.59 Å². The highest BCUT2D eigenvalue weighted by atomic mass is 32.1. The molecule has 3 aromatic rings. The summed E-state index contributed by atoms with van der Waals surface area (Å²) < 4.78 is 7.10. The molecule has 2 N–H and O–H groups in total. The fourth-order valence-corrected chi connectivity index (χ4v) is 3.69. The minimum atomic E-state index is -0.266. The second kappa shape index (κ2) is 7.74. The van der Waals surface area contributed by atoms with Gasteiger partial charge in [0.15, 0.2) is 0 Å². The Balaban J connectivity index is 1.60. The van der Waals surface area contributed by atoms with Crippen LogP contribution in [0.2, 0.25) is 0 Å². The topological polar surface area (TPSA) is 89.2 Å². The van der Waals surface area contributed by atoms with Gasteiger partial charge in [-0.3, -0.25) is 14.3 Å². The van der Waals surface area contributed by atoms with Crippen molar-refractivity contribution in [2.75, 3.05) is 6.54 Å². The van der Waals surface area contributed by atoms with E-state index < -0.39 is 0 Å². The molecule has 2 amide bonds. The zero-order valence-electron chi connectivity index (χ0n) is 15.0. The van der Waals surface area contributed by atoms with Crippen molar-refractivity contribution in [2.24, 2.45) is 5.92 Å². The first-order valence-electron chi connectivity index (χ1n) is 8.48. The van der Waals surface area contributed by atoms with E-state index in [0.29, 0.717) is 23.1 Å². The van der Waals surface area contributed by atoms with Gasteiger partial charge in [-0.15, -0.1) is 11.3 Å². The molecule has 3 heterocycles. The molecule has 138 valence electrons. The maximum absolute atomic E-state index is 12.4. The van der Waals surface area contributed by atoms with E-state index in [1.54, 1.807) is 18.4 Å². The first kappa shape index (κ1) is 18.2. The number of rotatable bonds is 7. The van der Waals surface area contributed by atoms with Crippen molar-refractivity contribution in [1.82, 2.24) is 20.4 Å². The second-order valence-electron chi connectivity index (χ2n) is 6.53. The molecule has 0 aliphatic heterocycles. The Hall–Kier alpha value is -2.61. The SMILES string of the molecule is Cc1nn(CC(C)C)c2sc(C(=O)NCC(=O)NCc3ccco3)cc12. The van der Waals surface area contributed by atoms with Gasteiger partial charge in [-0.25, -0.2) is 0 Å². The normalized spacial score (nSPS) is 11.2. The van der Waals surface area contributed by atoms with Gasteiger partial charge in [-0.1, -0.05) is 13.8 Å². The monoisotopic (exact) mass is 374 g/mol. The van der Waals surface area contributed by atoms with Gasteiger partial charge in [-0.05, 0) is 31.0 Å². The molecule has 0 bridgehead atoms. The molecule has 0 radical (unpaired) electrons. The molecule has 8 heteroatoms. The first-order valence-corrected chi connectivity index (χ1v) is 9.30. The molecule has 7 nitrogen and oxygen atoms in total. The molecular formula is C18H22N4O3S. The smallest absolute Gasteiger partial charge is 0.261 e. The van der Waals surface area contributed by atoms with Gasteiger partial charge >= 0.3 is 0 Å². The highest BCUT2D eigenvalue weighted by Crippen LogP contribution is 2.28. The number of aryl methyl sites for hydroxylation is 1. The van der Waals surface area contributed by atoms with E-state index in [4.69, 9.17) is 4.42 Å². The molecule has 0 unspecified atom stereocenters. The Morgan fingerprint density at radius 3 is 2.85 bits per heavy atom. The summed E-state index contributed by atoms with van der Waals surface area (Å²) in [5, 5.41) is 10.9. The van der Waals surface area contributed by atoms with Gasteiger partial charge in [-0.2, -0.15) is 5.10 Å². The van der Waals surface area contributed by atoms with Crippen LogP contribution in [0.4, 0.5) is 0 Å². The van der Waals surface area contributed by atoms with E-state index in [-0.39, 0.29) is 18.4 Å². The summed E-state index contributed by atoms with van der Waals surface area (Å²) in [4.78, 5) is 25.8. The third kappa shape index (κ3) is 4.13. The minimum absolute atomic E-state index is 0.0785. The fraction of sp³-hybridized carbons (Fsp3) is 0.389. The number of carbonyl (C=O) groups excluding carboxylic acids is 2. The third-order valence-electron chi connectivity index (χ3n) is 3.82. The zero-order chi connectivity index (χ0) is 18.7. The summed E-state index contributed by atoms with van der Waals surface area (Å²) in [5.74, 6) is 0.613. The van der Waals surface area contributed by atoms with Crippen LogP contribution >= 0.6 is 11.3 Å². The summed E-state index contributed by atoms with van der Waals surface area (Å²) >= 11 is 1.40. The Kier molecular flexibility index (Phi) is 5.41. The lowest BCUT2D eigenvalue weighted by atomic mass is 10.2. The van der Waals surface area contributed by atoms with Gasteiger partial charge in [0.1, 0.15) is 10.6 Å². The Morgan fingerprint density at radius 1 is 1.35 bits per heavy atom. The van der Waals surface area contributed by atoms with Crippen LogP contribution in [0.3, 0.4) is 0 Å². The van der Waals surface area contributed by atoms with E-state index >= 15 is 0 Å². The maximum Gasteiger partial charge on any atom is 0.261 e. The number of hydrogen-bond acceptors (Lipinski definition) is 5. The highest BCUT2D eigenvalue weighted by molar-refractivity contribution is 7.20. The number of nitrogens with zero attached hydrogens (tertiary/aromatic N) is 2. The average molecular weight is 374 g/mol. The van der Waals surface area contributed by atoms with Crippen molar-refractivity contribution in [3.05, 3.63) is 40.8 Å². The summed E-state index contributed by atoms with van der Waals surface area (Å²) in [6.07, 6.45) is 1.55. The van der Waals surface area contributed by atoms with Crippen LogP contribution in [0.25, 0.3) is 10.2 Å². The van der Waals surface area contributed by atoms with Crippen LogP contribution in [-0.2, 0) is 17.9 Å². The van der Waals surface area contributed by atoms with Gasteiger partial charge in [0.05, 0.1) is 29.9 Å². The summed E-state index contributed by atoms with van der Waals surface area (Å²) in [7, 11) is 0. The van der Waals surface area contributed by atoms with Crippen molar-refractivity contribution in [3.63, 3.8) is 0 Å². The molecule has 0 atom stereocenters. The molecule has 0 saturated heterocycles. The number of hydrogen-bond donors (Lipinski definition) is 2. The molecule has 0 spiro atoms. The number of nitrogens with one attached hydrogen (secondary N) is 2. The lowest BCUT2D eigenvalue weighted by molar-refractivity contribution is -0.120. The maximum atomic E-state index is 12.4. The number of fused-ring (bicyclic) bond motifs is 1. The largest absolute Gasteiger partial charge is 0.467 e. The van der Waals surface area contributed by atoms with Crippen LogP contribution in [-0.4, -0.2) is 28.1 Å². The van der Waals surface area contributed by atoms with E-state index in [0.717, 1.165) is 22.5 Å². The minimum Gasteiger partial charge on any atom is -0.467 e. The fourth-order valence-electron chi connectivity index (χ4n) is 2.60. The van der Waals surface area contributed by atoms with E-state index in [1.807, 2.05) is 17.7 Å². The summed E-state index contributed by atoms with van der Waals surface area (Å²) in [6, 6.07) is 5.38. The van der Waals surface area contributed by atoms with Gasteiger partial charge in [0.2, 0.25) is 5.91 Å². The number of amides is 2. The zero-order valence-corrected chi connectivity index (χ0v) is 15.9. The molecule has 0 aliphatic carbocycles. The molecule has 0 aliphatic rings. The average Bonchev–Trinajstić information content (AvgIpc) is 3.30. The Morgan fingerprint density at radius 2 is 2.15 bits per heavy atom. The molecule has 3 aromatic heterocycles. The molecule has 0 aromatic carbocycles. The predicted octanol–water partition coefficient (Wildman–Crippen LogP) is 2.70. The molecule has 26 heavy (non-hydrogen) atoms. The Labute approximate surface area is 155 Å². The van der Waals surface area contributed by atoms with Crippen molar-refractivity contribution >= 4 is 33.4 Å². The van der Waals surface area contributed by atoms with Crippen molar-refractivity contribution in [2.45, 2.75) is 33.9 Å². The predicted molar refractivity (Wildman–Crippen MR) is 100 cm³/mol. The molecular weight excluding hydrogens is 352 g/mol. The summed E-state index contributed by atoms with van der Waals surface area (Å²) in [6.45, 7) is 7.23. The highest BCUT2D eigenvalue weighted by Gasteiger charge is 2.17. The lowest BCUT2D eigenvalue weighted by Gasteiger charge is -2.05. The van der Waals surface area contributed by atoms with Crippen LogP contribution in [0.1, 0.15) is 35.0 Å². The van der Waals surface area contributed by atoms with Crippen molar-refractivity contribution in [3.8, 4) is 0 Å². The number of carbonyl (C=O) groups is 2. The lowest BCUT2D eigenvalue weighted by Crippen LogP contribution is -2.36. The van der Waals surface area contributed by atoms with Crippen LogP contribution in [0, 0.1) is 12.8 Å². The third-order valence-corrected chi connectivity index (χ3v) is 4.97. The number of aromatic nitrogens is 2. The molecule has 0 saturated carbocycles. The van der Waals surface area contributed by atoms with Gasteiger partial charge < -0.3 is 15.1 Å². The number of thiophene rings is 1. The van der Waals surface area contributed by atoms with Gasteiger partial charge in [0, 0.05) is 11.9 Å². The molecule has 3 rings (SSSR count). The number of furan rings is 1. The van der Waals surface area contributed by atoms with Crippen LogP contribution in [0.5, 0.6) is 0 Å². The van der Waals surface area contributed by atoms with Gasteiger partial charge in [0.25, 0.3) is 5.91 Å². The standard InChI is InChI=1S/C18H22N4O3S/c1-11(2)10-22-18-14(12(3)21-22)7-15(26-18)17(24)20-9-16(23)19-8-13-5-4-6-25-13/h4-7,11H,8-10H2,1-3H3,(H,19,23)(H,20,24). The van der Waals surface area contributed by atoms with Crippen molar-refractivity contribution in [1.29, 1.82) is 0 Å². The second-order valence-corrected chi connectivity index (χ2v) is 7.56. The first-order chi connectivity index (χ1) is 12.4. The molecule has 0 fully saturated rings. The quantitative estimate of drug-likeness (QED) is 0.665. The van der Waals surface area contributed by atoms with Crippen LogP contribution < -0.4 is 10.6 Å². The van der Waals surface area contributed by atoms with E-state index in [2.05, 4.69) is 29.6 Å².